The van der Waals surface area contributed by atoms with Crippen molar-refractivity contribution in [3.63, 3.8) is 0 Å². The zero-order chi connectivity index (χ0) is 12.6. The van der Waals surface area contributed by atoms with Gasteiger partial charge in [-0.25, -0.2) is 4.98 Å². The van der Waals surface area contributed by atoms with E-state index in [1.807, 2.05) is 12.1 Å². The Balaban J connectivity index is 2.72. The van der Waals surface area contributed by atoms with E-state index in [1.54, 1.807) is 24.7 Å². The first-order chi connectivity index (χ1) is 8.06. The summed E-state index contributed by atoms with van der Waals surface area (Å²) in [6.07, 6.45) is 0. The Hall–Kier alpha value is -2.24. The largest absolute Gasteiger partial charge is 0.494 e. The third-order valence-corrected chi connectivity index (χ3v) is 2.73. The highest BCUT2D eigenvalue weighted by atomic mass is 16.5. The van der Waals surface area contributed by atoms with Gasteiger partial charge in [-0.05, 0) is 19.1 Å². The molecule has 0 aliphatic carbocycles. The molecule has 1 atom stereocenters. The van der Waals surface area contributed by atoms with Gasteiger partial charge >= 0.3 is 0 Å². The number of fused-ring (bicyclic) bond motifs is 1. The number of anilines is 1. The molecule has 0 fully saturated rings. The number of carbonyl (C=O) groups excluding carboxylic acids is 1. The maximum atomic E-state index is 11.2. The fraction of sp³-hybridized carbons (Fsp3) is 0.273. The molecule has 2 rings (SSSR count). The molecule has 2 aromatic rings. The molecule has 0 bridgehead atoms. The van der Waals surface area contributed by atoms with Crippen molar-refractivity contribution in [1.29, 1.82) is 0 Å². The molecular weight excluding hydrogens is 220 g/mol. The van der Waals surface area contributed by atoms with E-state index in [2.05, 4.69) is 4.98 Å². The molecule has 6 heteroatoms. The van der Waals surface area contributed by atoms with Crippen molar-refractivity contribution in [1.82, 2.24) is 9.55 Å². The molecule has 0 saturated heterocycles. The monoisotopic (exact) mass is 234 g/mol. The van der Waals surface area contributed by atoms with Gasteiger partial charge in [-0.15, -0.1) is 0 Å². The number of nitrogen functional groups attached to an aromatic ring is 1. The lowest BCUT2D eigenvalue weighted by Crippen LogP contribution is -2.24. The summed E-state index contributed by atoms with van der Waals surface area (Å²) in [5.41, 5.74) is 12.4. The Kier molecular flexibility index (Phi) is 2.63. The highest BCUT2D eigenvalue weighted by Crippen LogP contribution is 2.29. The predicted molar refractivity (Wildman–Crippen MR) is 64.6 cm³/mol. The van der Waals surface area contributed by atoms with Crippen molar-refractivity contribution in [2.45, 2.75) is 13.0 Å². The van der Waals surface area contributed by atoms with Gasteiger partial charge in [0.05, 0.1) is 12.6 Å². The van der Waals surface area contributed by atoms with Crippen LogP contribution < -0.4 is 16.2 Å². The Morgan fingerprint density at radius 2 is 2.24 bits per heavy atom. The number of amides is 1. The summed E-state index contributed by atoms with van der Waals surface area (Å²) in [5, 5.41) is 0. The van der Waals surface area contributed by atoms with Crippen molar-refractivity contribution < 1.29 is 9.53 Å². The van der Waals surface area contributed by atoms with Crippen LogP contribution in [0.3, 0.4) is 0 Å². The molecule has 4 N–H and O–H groups in total. The number of methoxy groups -OCH3 is 1. The molecule has 1 unspecified atom stereocenters. The lowest BCUT2D eigenvalue weighted by atomic mass is 10.2. The Morgan fingerprint density at radius 1 is 1.53 bits per heavy atom. The Morgan fingerprint density at radius 3 is 2.82 bits per heavy atom. The zero-order valence-electron chi connectivity index (χ0n) is 9.68. The van der Waals surface area contributed by atoms with Gasteiger partial charge in [0.1, 0.15) is 17.3 Å². The molecule has 90 valence electrons. The minimum atomic E-state index is -0.549. The molecule has 17 heavy (non-hydrogen) atoms. The number of hydrogen-bond acceptors (Lipinski definition) is 4. The molecule has 0 aliphatic rings. The van der Waals surface area contributed by atoms with Gasteiger partial charge < -0.3 is 16.2 Å². The lowest BCUT2D eigenvalue weighted by molar-refractivity contribution is -0.120. The average molecular weight is 234 g/mol. The third-order valence-electron chi connectivity index (χ3n) is 2.73. The van der Waals surface area contributed by atoms with Gasteiger partial charge in [0.15, 0.2) is 0 Å². The van der Waals surface area contributed by atoms with Crippen molar-refractivity contribution in [2.24, 2.45) is 5.73 Å². The second-order valence-corrected chi connectivity index (χ2v) is 3.75. The SMILES string of the molecule is COc1cccc2c1nc(N)n2C(C)C(N)=O. The topological polar surface area (TPSA) is 96.2 Å². The van der Waals surface area contributed by atoms with Crippen LogP contribution in [0.2, 0.25) is 0 Å². The van der Waals surface area contributed by atoms with Crippen LogP contribution in [0, 0.1) is 0 Å². The molecular formula is C11H14N4O2. The summed E-state index contributed by atoms with van der Waals surface area (Å²) in [5.74, 6) is 0.402. The minimum absolute atomic E-state index is 0.246. The molecule has 1 aromatic heterocycles. The fourth-order valence-electron chi connectivity index (χ4n) is 1.81. The molecule has 0 spiro atoms. The molecule has 1 aromatic carbocycles. The summed E-state index contributed by atoms with van der Waals surface area (Å²) < 4.78 is 6.79. The van der Waals surface area contributed by atoms with Crippen LogP contribution >= 0.6 is 0 Å². The molecule has 0 aliphatic heterocycles. The van der Waals surface area contributed by atoms with Crippen molar-refractivity contribution in [2.75, 3.05) is 12.8 Å². The fourth-order valence-corrected chi connectivity index (χ4v) is 1.81. The maximum absolute atomic E-state index is 11.2. The van der Waals surface area contributed by atoms with Crippen LogP contribution in [-0.4, -0.2) is 22.6 Å². The van der Waals surface area contributed by atoms with E-state index in [1.165, 1.54) is 0 Å². The number of primary amides is 1. The lowest BCUT2D eigenvalue weighted by Gasteiger charge is -2.12. The van der Waals surface area contributed by atoms with Crippen molar-refractivity contribution in [3.8, 4) is 5.75 Å². The van der Waals surface area contributed by atoms with Crippen LogP contribution in [0.4, 0.5) is 5.95 Å². The summed E-state index contributed by atoms with van der Waals surface area (Å²) in [4.78, 5) is 15.4. The first-order valence-electron chi connectivity index (χ1n) is 5.16. The highest BCUT2D eigenvalue weighted by Gasteiger charge is 2.19. The number of carbonyl (C=O) groups is 1. The third kappa shape index (κ3) is 1.67. The van der Waals surface area contributed by atoms with Crippen molar-refractivity contribution in [3.05, 3.63) is 18.2 Å². The van der Waals surface area contributed by atoms with Crippen molar-refractivity contribution >= 4 is 22.9 Å². The van der Waals surface area contributed by atoms with E-state index in [-0.39, 0.29) is 5.95 Å². The average Bonchev–Trinajstić information content (AvgIpc) is 2.63. The quantitative estimate of drug-likeness (QED) is 0.815. The van der Waals surface area contributed by atoms with Gasteiger partial charge in [0.2, 0.25) is 11.9 Å². The molecule has 1 amide bonds. The van der Waals surface area contributed by atoms with Crippen LogP contribution in [0.15, 0.2) is 18.2 Å². The number of rotatable bonds is 3. The van der Waals surface area contributed by atoms with E-state index in [0.29, 0.717) is 11.3 Å². The number of nitrogens with zero attached hydrogens (tertiary/aromatic N) is 2. The van der Waals surface area contributed by atoms with Crippen LogP contribution in [0.1, 0.15) is 13.0 Å². The number of imidazole rings is 1. The van der Waals surface area contributed by atoms with Crippen LogP contribution in [0.5, 0.6) is 5.75 Å². The summed E-state index contributed by atoms with van der Waals surface area (Å²) in [6.45, 7) is 1.68. The second kappa shape index (κ2) is 3.97. The second-order valence-electron chi connectivity index (χ2n) is 3.75. The van der Waals surface area contributed by atoms with Gasteiger partial charge in [-0.2, -0.15) is 0 Å². The number of benzene rings is 1. The van der Waals surface area contributed by atoms with Gasteiger partial charge in [0.25, 0.3) is 0 Å². The summed E-state index contributed by atoms with van der Waals surface area (Å²) >= 11 is 0. The minimum Gasteiger partial charge on any atom is -0.494 e. The van der Waals surface area contributed by atoms with Crippen LogP contribution in [-0.2, 0) is 4.79 Å². The van der Waals surface area contributed by atoms with E-state index in [4.69, 9.17) is 16.2 Å². The molecule has 0 saturated carbocycles. The van der Waals surface area contributed by atoms with E-state index < -0.39 is 11.9 Å². The maximum Gasteiger partial charge on any atom is 0.240 e. The zero-order valence-corrected chi connectivity index (χ0v) is 9.68. The highest BCUT2D eigenvalue weighted by molar-refractivity contribution is 5.87. The van der Waals surface area contributed by atoms with E-state index in [9.17, 15) is 4.79 Å². The smallest absolute Gasteiger partial charge is 0.240 e. The normalized spacial score (nSPS) is 12.6. The predicted octanol–water partition coefficient (Wildman–Crippen LogP) is 0.673. The van der Waals surface area contributed by atoms with Gasteiger partial charge in [0, 0.05) is 0 Å². The number of ether oxygens (including phenoxy) is 1. The standard InChI is InChI=1S/C11H14N4O2/c1-6(10(12)16)15-7-4-3-5-8(17-2)9(7)14-11(15)13/h3-6H,1-2H3,(H2,12,16)(H2,13,14). The molecule has 0 radical (unpaired) electrons. The Bertz CT molecular complexity index is 576. The number of nitrogens with two attached hydrogens (primary N) is 2. The first kappa shape index (κ1) is 11.3. The van der Waals surface area contributed by atoms with Crippen LogP contribution in [0.25, 0.3) is 11.0 Å². The summed E-state index contributed by atoms with van der Waals surface area (Å²) in [7, 11) is 1.56. The number of para-hydroxylation sites is 1. The first-order valence-corrected chi connectivity index (χ1v) is 5.16. The summed E-state index contributed by atoms with van der Waals surface area (Å²) in [6, 6.07) is 4.87. The van der Waals surface area contributed by atoms with Gasteiger partial charge in [-0.1, -0.05) is 6.07 Å². The van der Waals surface area contributed by atoms with E-state index in [0.717, 1.165) is 5.52 Å². The Labute approximate surface area is 98.2 Å². The van der Waals surface area contributed by atoms with E-state index >= 15 is 0 Å². The molecule has 6 nitrogen and oxygen atoms in total. The molecule has 1 heterocycles. The van der Waals surface area contributed by atoms with Gasteiger partial charge in [-0.3, -0.25) is 9.36 Å². The number of aromatic nitrogens is 2. The number of hydrogen-bond donors (Lipinski definition) is 2.